The zero-order valence-electron chi connectivity index (χ0n) is 13.1. The summed E-state index contributed by atoms with van der Waals surface area (Å²) in [5.41, 5.74) is 0.305. The normalized spacial score (nSPS) is 16.9. The van der Waals surface area contributed by atoms with Crippen molar-refractivity contribution in [1.29, 1.82) is 0 Å². The third-order valence-corrected chi connectivity index (χ3v) is 6.49. The van der Waals surface area contributed by atoms with Gasteiger partial charge in [0, 0.05) is 5.02 Å². The van der Waals surface area contributed by atoms with Crippen LogP contribution < -0.4 is 14.4 Å². The maximum Gasteiger partial charge on any atom is 0.269 e. The number of rotatable bonds is 4. The molecule has 0 fully saturated rings. The minimum absolute atomic E-state index is 0.161. The number of hydrogen-bond acceptors (Lipinski definition) is 8. The van der Waals surface area contributed by atoms with Crippen molar-refractivity contribution in [2.45, 2.75) is 10.4 Å². The Morgan fingerprint density at radius 2 is 2.24 bits per heavy atom. The van der Waals surface area contributed by atoms with Gasteiger partial charge in [-0.2, -0.15) is 0 Å². The summed E-state index contributed by atoms with van der Waals surface area (Å²) < 4.78 is 31.7. The zero-order valence-corrected chi connectivity index (χ0v) is 16.3. The molecule has 2 aromatic rings. The molecule has 0 unspecified atom stereocenters. The molecule has 134 valence electrons. The first-order chi connectivity index (χ1) is 11.8. The second kappa shape index (κ2) is 6.98. The van der Waals surface area contributed by atoms with E-state index in [4.69, 9.17) is 16.3 Å². The van der Waals surface area contributed by atoms with E-state index in [1.165, 1.54) is 35.2 Å². The molecule has 1 aromatic carbocycles. The predicted octanol–water partition coefficient (Wildman–Crippen LogP) is 2.08. The highest BCUT2D eigenvalue weighted by molar-refractivity contribution is 8.00. The van der Waals surface area contributed by atoms with Crippen LogP contribution in [0, 0.1) is 0 Å². The van der Waals surface area contributed by atoms with E-state index in [2.05, 4.69) is 15.5 Å². The zero-order chi connectivity index (χ0) is 18.2. The van der Waals surface area contributed by atoms with Crippen LogP contribution in [-0.4, -0.2) is 49.7 Å². The van der Waals surface area contributed by atoms with Crippen LogP contribution in [0.15, 0.2) is 22.5 Å². The number of carbonyl (C=O) groups is 1. The Hall–Kier alpha value is -1.56. The van der Waals surface area contributed by atoms with Crippen LogP contribution in [-0.2, 0) is 14.8 Å². The van der Waals surface area contributed by atoms with Crippen molar-refractivity contribution < 1.29 is 17.9 Å². The van der Waals surface area contributed by atoms with E-state index >= 15 is 0 Å². The SMILES string of the molecule is CSc1nnc(NC(=O)[C@@H]2CN(S(C)(=O)=O)c3cc(Cl)ccc3O2)s1. The summed E-state index contributed by atoms with van der Waals surface area (Å²) in [4.78, 5) is 12.5. The van der Waals surface area contributed by atoms with Gasteiger partial charge in [0.2, 0.25) is 15.2 Å². The lowest BCUT2D eigenvalue weighted by Gasteiger charge is -2.33. The summed E-state index contributed by atoms with van der Waals surface area (Å²) in [6.45, 7) is -0.161. The molecular weight excluding hydrogens is 408 g/mol. The van der Waals surface area contributed by atoms with Crippen molar-refractivity contribution in [2.75, 3.05) is 28.7 Å². The minimum atomic E-state index is -3.61. The van der Waals surface area contributed by atoms with Gasteiger partial charge in [0.25, 0.3) is 5.91 Å². The summed E-state index contributed by atoms with van der Waals surface area (Å²) in [6, 6.07) is 4.59. The van der Waals surface area contributed by atoms with Gasteiger partial charge in [0.15, 0.2) is 10.4 Å². The van der Waals surface area contributed by atoms with Gasteiger partial charge in [-0.25, -0.2) is 8.42 Å². The summed E-state index contributed by atoms with van der Waals surface area (Å²) in [7, 11) is -3.61. The first-order valence-corrected chi connectivity index (χ1v) is 11.2. The lowest BCUT2D eigenvalue weighted by molar-refractivity contribution is -0.122. The van der Waals surface area contributed by atoms with Gasteiger partial charge in [-0.1, -0.05) is 34.7 Å². The van der Waals surface area contributed by atoms with Crippen molar-refractivity contribution >= 4 is 61.4 Å². The Kier molecular flexibility index (Phi) is 5.09. The van der Waals surface area contributed by atoms with Crippen LogP contribution in [0.3, 0.4) is 0 Å². The highest BCUT2D eigenvalue weighted by atomic mass is 35.5. The maximum atomic E-state index is 12.5. The van der Waals surface area contributed by atoms with E-state index in [9.17, 15) is 13.2 Å². The molecule has 0 saturated carbocycles. The lowest BCUT2D eigenvalue weighted by Crippen LogP contribution is -2.48. The van der Waals surface area contributed by atoms with Crippen molar-refractivity contribution in [3.05, 3.63) is 23.2 Å². The quantitative estimate of drug-likeness (QED) is 0.596. The second-order valence-electron chi connectivity index (χ2n) is 5.08. The number of aromatic nitrogens is 2. The lowest BCUT2D eigenvalue weighted by atomic mass is 10.2. The van der Waals surface area contributed by atoms with Gasteiger partial charge in [-0.05, 0) is 24.5 Å². The molecule has 1 N–H and O–H groups in total. The first kappa shape index (κ1) is 18.2. The Labute approximate surface area is 157 Å². The van der Waals surface area contributed by atoms with Crippen molar-refractivity contribution in [3.63, 3.8) is 0 Å². The number of hydrogen-bond donors (Lipinski definition) is 1. The fraction of sp³-hybridized carbons (Fsp3) is 0.308. The highest BCUT2D eigenvalue weighted by Gasteiger charge is 2.35. The van der Waals surface area contributed by atoms with Crippen LogP contribution in [0.25, 0.3) is 0 Å². The first-order valence-electron chi connectivity index (χ1n) is 6.90. The van der Waals surface area contributed by atoms with E-state index in [0.717, 1.165) is 10.6 Å². The van der Waals surface area contributed by atoms with Crippen LogP contribution in [0.5, 0.6) is 5.75 Å². The van der Waals surface area contributed by atoms with Gasteiger partial charge in [0.05, 0.1) is 18.5 Å². The standard InChI is InChI=1S/C13H13ClN4O4S3/c1-23-13-17-16-12(24-13)15-11(19)10-6-18(25(2,20)21)8-5-7(14)3-4-9(8)22-10/h3-5,10H,6H2,1-2H3,(H,15,16,19)/t10-/m0/s1. The third kappa shape index (κ3) is 4.00. The number of benzene rings is 1. The summed E-state index contributed by atoms with van der Waals surface area (Å²) >= 11 is 8.58. The van der Waals surface area contributed by atoms with Crippen LogP contribution in [0.1, 0.15) is 0 Å². The Balaban J connectivity index is 1.86. The molecule has 25 heavy (non-hydrogen) atoms. The summed E-state index contributed by atoms with van der Waals surface area (Å²) in [5, 5.41) is 11.0. The van der Waals surface area contributed by atoms with E-state index in [-0.39, 0.29) is 12.3 Å². The molecule has 3 rings (SSSR count). The smallest absolute Gasteiger partial charge is 0.269 e. The molecule has 1 atom stereocenters. The molecule has 0 aliphatic carbocycles. The summed E-state index contributed by atoms with van der Waals surface area (Å²) in [5.74, 6) is -0.235. The minimum Gasteiger partial charge on any atom is -0.476 e. The molecule has 8 nitrogen and oxygen atoms in total. The third-order valence-electron chi connectivity index (χ3n) is 3.29. The number of halogens is 1. The average Bonchev–Trinajstić information content (AvgIpc) is 3.00. The molecule has 1 aliphatic rings. The number of anilines is 2. The van der Waals surface area contributed by atoms with Crippen molar-refractivity contribution in [2.24, 2.45) is 0 Å². The highest BCUT2D eigenvalue weighted by Crippen LogP contribution is 2.37. The Bertz CT molecular complexity index is 918. The number of carbonyl (C=O) groups excluding carboxylic acids is 1. The second-order valence-corrected chi connectivity index (χ2v) is 9.45. The number of thioether (sulfide) groups is 1. The molecule has 1 aliphatic heterocycles. The fourth-order valence-electron chi connectivity index (χ4n) is 2.20. The number of nitrogens with zero attached hydrogens (tertiary/aromatic N) is 3. The number of ether oxygens (including phenoxy) is 1. The monoisotopic (exact) mass is 420 g/mol. The van der Waals surface area contributed by atoms with E-state index in [1.807, 2.05) is 6.26 Å². The van der Waals surface area contributed by atoms with Crippen LogP contribution in [0.2, 0.25) is 5.02 Å². The molecule has 0 bridgehead atoms. The fourth-order valence-corrected chi connectivity index (χ4v) is 4.45. The number of nitrogens with one attached hydrogen (secondary N) is 1. The van der Waals surface area contributed by atoms with E-state index in [1.54, 1.807) is 6.07 Å². The molecule has 0 radical (unpaired) electrons. The van der Waals surface area contributed by atoms with E-state index < -0.39 is 22.0 Å². The average molecular weight is 421 g/mol. The molecule has 0 saturated heterocycles. The number of sulfonamides is 1. The molecule has 12 heteroatoms. The maximum absolute atomic E-state index is 12.5. The molecule has 1 amide bonds. The molecule has 0 spiro atoms. The Morgan fingerprint density at radius 1 is 1.48 bits per heavy atom. The largest absolute Gasteiger partial charge is 0.476 e. The number of amides is 1. The Morgan fingerprint density at radius 3 is 2.88 bits per heavy atom. The topological polar surface area (TPSA) is 101 Å². The van der Waals surface area contributed by atoms with Crippen molar-refractivity contribution in [3.8, 4) is 5.75 Å². The van der Waals surface area contributed by atoms with Gasteiger partial charge in [-0.15, -0.1) is 10.2 Å². The van der Waals surface area contributed by atoms with Crippen molar-refractivity contribution in [1.82, 2.24) is 10.2 Å². The predicted molar refractivity (Wildman–Crippen MR) is 98.4 cm³/mol. The summed E-state index contributed by atoms with van der Waals surface area (Å²) in [6.07, 6.45) is 1.89. The van der Waals surface area contributed by atoms with Crippen LogP contribution >= 0.6 is 34.7 Å². The molecule has 1 aromatic heterocycles. The molecule has 2 heterocycles. The van der Waals surface area contributed by atoms with Gasteiger partial charge < -0.3 is 4.74 Å². The van der Waals surface area contributed by atoms with E-state index in [0.29, 0.717) is 20.2 Å². The molecular formula is C13H13ClN4O4S3. The number of fused-ring (bicyclic) bond motifs is 1. The van der Waals surface area contributed by atoms with Gasteiger partial charge in [-0.3, -0.25) is 14.4 Å². The van der Waals surface area contributed by atoms with Gasteiger partial charge in [0.1, 0.15) is 5.75 Å². The van der Waals surface area contributed by atoms with Gasteiger partial charge >= 0.3 is 0 Å². The van der Waals surface area contributed by atoms with Crippen LogP contribution in [0.4, 0.5) is 10.8 Å².